The minimum atomic E-state index is 0.217. The molecule has 3 nitrogen and oxygen atoms in total. The summed E-state index contributed by atoms with van der Waals surface area (Å²) in [6.07, 6.45) is 0. The lowest BCUT2D eigenvalue weighted by molar-refractivity contribution is 0.199. The third kappa shape index (κ3) is 5.50. The average Bonchev–Trinajstić information content (AvgIpc) is 2.41. The Labute approximate surface area is 134 Å². The lowest BCUT2D eigenvalue weighted by Gasteiger charge is -2.38. The first-order valence-electron chi connectivity index (χ1n) is 7.48. The van der Waals surface area contributed by atoms with E-state index in [9.17, 15) is 0 Å². The second kappa shape index (κ2) is 8.02. The maximum absolute atomic E-state index is 6.16. The average molecular weight is 313 g/mol. The van der Waals surface area contributed by atoms with E-state index in [2.05, 4.69) is 51.0 Å². The van der Waals surface area contributed by atoms with Crippen molar-refractivity contribution in [2.45, 2.75) is 40.3 Å². The van der Waals surface area contributed by atoms with Gasteiger partial charge in [0, 0.05) is 44.0 Å². The molecule has 0 amide bonds. The van der Waals surface area contributed by atoms with Crippen LogP contribution in [0, 0.1) is 5.41 Å². The smallest absolute Gasteiger partial charge is 0.0587 e. The number of benzene rings is 1. The lowest BCUT2D eigenvalue weighted by Crippen LogP contribution is -2.40. The van der Waals surface area contributed by atoms with Crippen LogP contribution in [0.4, 0.5) is 5.69 Å². The van der Waals surface area contributed by atoms with E-state index in [1.807, 2.05) is 12.1 Å². The predicted molar refractivity (Wildman–Crippen MR) is 92.4 cm³/mol. The molecule has 0 aliphatic heterocycles. The fourth-order valence-electron chi connectivity index (χ4n) is 2.23. The first-order valence-corrected chi connectivity index (χ1v) is 7.86. The Balaban J connectivity index is 2.90. The van der Waals surface area contributed by atoms with Crippen LogP contribution in [0.25, 0.3) is 0 Å². The normalized spacial score (nSPS) is 13.3. The quantitative estimate of drug-likeness (QED) is 0.772. The Kier molecular flexibility index (Phi) is 6.98. The molecule has 1 atom stereocenters. The lowest BCUT2D eigenvalue weighted by atomic mass is 9.86. The van der Waals surface area contributed by atoms with Crippen molar-refractivity contribution in [1.82, 2.24) is 5.32 Å². The van der Waals surface area contributed by atoms with Crippen LogP contribution >= 0.6 is 11.6 Å². The van der Waals surface area contributed by atoms with E-state index < -0.39 is 0 Å². The van der Waals surface area contributed by atoms with Crippen LogP contribution in [-0.2, 0) is 11.3 Å². The molecule has 0 aliphatic carbocycles. The molecule has 1 aromatic carbocycles. The van der Waals surface area contributed by atoms with E-state index in [4.69, 9.17) is 16.3 Å². The fraction of sp³-hybridized carbons (Fsp3) is 0.647. The molecule has 1 rings (SSSR count). The Bertz CT molecular complexity index is 443. The molecule has 0 aromatic heterocycles. The molecule has 1 N–H and O–H groups in total. The van der Waals surface area contributed by atoms with E-state index in [1.54, 1.807) is 7.11 Å². The highest BCUT2D eigenvalue weighted by atomic mass is 35.5. The Hall–Kier alpha value is -0.770. The molecular formula is C17H29ClN2O. The van der Waals surface area contributed by atoms with E-state index in [1.165, 1.54) is 11.3 Å². The minimum Gasteiger partial charge on any atom is -0.383 e. The number of anilines is 1. The molecule has 1 unspecified atom stereocenters. The number of hydrogen-bond acceptors (Lipinski definition) is 3. The van der Waals surface area contributed by atoms with Gasteiger partial charge in [-0.25, -0.2) is 0 Å². The highest BCUT2D eigenvalue weighted by Gasteiger charge is 2.25. The number of methoxy groups -OCH3 is 1. The van der Waals surface area contributed by atoms with Gasteiger partial charge in [-0.2, -0.15) is 0 Å². The predicted octanol–water partition coefficient (Wildman–Crippen LogP) is 3.95. The van der Waals surface area contributed by atoms with Gasteiger partial charge in [0.2, 0.25) is 0 Å². The van der Waals surface area contributed by atoms with Crippen LogP contribution in [-0.4, -0.2) is 33.4 Å². The Morgan fingerprint density at radius 3 is 2.57 bits per heavy atom. The third-order valence-corrected chi connectivity index (χ3v) is 4.29. The van der Waals surface area contributed by atoms with Gasteiger partial charge < -0.3 is 15.0 Å². The summed E-state index contributed by atoms with van der Waals surface area (Å²) in [4.78, 5) is 2.34. The summed E-state index contributed by atoms with van der Waals surface area (Å²) in [6.45, 7) is 11.4. The summed E-state index contributed by atoms with van der Waals surface area (Å²) >= 11 is 6.16. The van der Waals surface area contributed by atoms with Crippen molar-refractivity contribution >= 4 is 17.3 Å². The summed E-state index contributed by atoms with van der Waals surface area (Å²) in [5, 5.41) is 4.17. The van der Waals surface area contributed by atoms with E-state index in [0.717, 1.165) is 18.1 Å². The largest absolute Gasteiger partial charge is 0.383 e. The molecule has 0 heterocycles. The summed E-state index contributed by atoms with van der Waals surface area (Å²) in [5.74, 6) is 0. The van der Waals surface area contributed by atoms with Gasteiger partial charge in [-0.3, -0.25) is 0 Å². The highest BCUT2D eigenvalue weighted by Crippen LogP contribution is 2.30. The first kappa shape index (κ1) is 18.3. The number of halogens is 1. The molecular weight excluding hydrogens is 284 g/mol. The molecule has 0 aliphatic rings. The van der Waals surface area contributed by atoms with Crippen LogP contribution in [0.3, 0.4) is 0 Å². The zero-order chi connectivity index (χ0) is 16.0. The molecule has 0 bridgehead atoms. The maximum Gasteiger partial charge on any atom is 0.0587 e. The van der Waals surface area contributed by atoms with Crippen molar-refractivity contribution in [3.63, 3.8) is 0 Å². The first-order chi connectivity index (χ1) is 9.77. The minimum absolute atomic E-state index is 0.217. The van der Waals surface area contributed by atoms with Gasteiger partial charge in [-0.05, 0) is 36.1 Å². The Morgan fingerprint density at radius 1 is 1.33 bits per heavy atom. The molecule has 0 fully saturated rings. The van der Waals surface area contributed by atoms with E-state index in [0.29, 0.717) is 12.6 Å². The number of nitrogens with one attached hydrogen (secondary N) is 1. The van der Waals surface area contributed by atoms with E-state index in [-0.39, 0.29) is 5.41 Å². The van der Waals surface area contributed by atoms with Gasteiger partial charge in [0.1, 0.15) is 0 Å². The van der Waals surface area contributed by atoms with Gasteiger partial charge in [-0.1, -0.05) is 32.4 Å². The van der Waals surface area contributed by atoms with Gasteiger partial charge in [0.15, 0.2) is 0 Å². The molecule has 0 saturated carbocycles. The number of rotatable bonds is 7. The molecule has 4 heteroatoms. The second-order valence-corrected chi connectivity index (χ2v) is 7.03. The fourth-order valence-corrected chi connectivity index (χ4v) is 2.42. The number of ether oxygens (including phenoxy) is 1. The summed E-state index contributed by atoms with van der Waals surface area (Å²) in [7, 11) is 3.86. The topological polar surface area (TPSA) is 24.5 Å². The standard InChI is InChI=1S/C17H29ClN2O/c1-13(17(2,3)4)20(5)16-8-7-15(18)11-14(16)12-19-9-10-21-6/h7-8,11,13,19H,9-10,12H2,1-6H3. The van der Waals surface area contributed by atoms with Gasteiger partial charge in [0.25, 0.3) is 0 Å². The van der Waals surface area contributed by atoms with Gasteiger partial charge >= 0.3 is 0 Å². The monoisotopic (exact) mass is 312 g/mol. The van der Waals surface area contributed by atoms with Crippen LogP contribution in [0.5, 0.6) is 0 Å². The van der Waals surface area contributed by atoms with Crippen molar-refractivity contribution in [2.24, 2.45) is 5.41 Å². The molecule has 0 radical (unpaired) electrons. The zero-order valence-corrected chi connectivity index (χ0v) is 14.9. The summed E-state index contributed by atoms with van der Waals surface area (Å²) < 4.78 is 5.07. The number of nitrogens with zero attached hydrogens (tertiary/aromatic N) is 1. The van der Waals surface area contributed by atoms with Crippen LogP contribution in [0.15, 0.2) is 18.2 Å². The van der Waals surface area contributed by atoms with Crippen molar-refractivity contribution in [3.8, 4) is 0 Å². The van der Waals surface area contributed by atoms with Crippen LogP contribution in [0.1, 0.15) is 33.3 Å². The van der Waals surface area contributed by atoms with Crippen LogP contribution in [0.2, 0.25) is 5.02 Å². The summed E-state index contributed by atoms with van der Waals surface area (Å²) in [5.41, 5.74) is 2.67. The number of hydrogen-bond donors (Lipinski definition) is 1. The third-order valence-electron chi connectivity index (χ3n) is 4.05. The molecule has 0 saturated heterocycles. The van der Waals surface area contributed by atoms with Crippen LogP contribution < -0.4 is 10.2 Å². The Morgan fingerprint density at radius 2 is 2.00 bits per heavy atom. The van der Waals surface area contributed by atoms with Gasteiger partial charge in [0.05, 0.1) is 6.61 Å². The molecule has 21 heavy (non-hydrogen) atoms. The van der Waals surface area contributed by atoms with Gasteiger partial charge in [-0.15, -0.1) is 0 Å². The van der Waals surface area contributed by atoms with Crippen molar-refractivity contribution in [1.29, 1.82) is 0 Å². The maximum atomic E-state index is 6.16. The summed E-state index contributed by atoms with van der Waals surface area (Å²) in [6, 6.07) is 6.54. The zero-order valence-electron chi connectivity index (χ0n) is 14.2. The van der Waals surface area contributed by atoms with E-state index >= 15 is 0 Å². The highest BCUT2D eigenvalue weighted by molar-refractivity contribution is 6.30. The van der Waals surface area contributed by atoms with Crippen molar-refractivity contribution in [2.75, 3.05) is 32.2 Å². The second-order valence-electron chi connectivity index (χ2n) is 6.60. The molecule has 0 spiro atoms. The van der Waals surface area contributed by atoms with Crippen molar-refractivity contribution in [3.05, 3.63) is 28.8 Å². The van der Waals surface area contributed by atoms with Crippen molar-refractivity contribution < 1.29 is 4.74 Å². The molecule has 120 valence electrons. The molecule has 1 aromatic rings. The SMILES string of the molecule is COCCNCc1cc(Cl)ccc1N(C)C(C)C(C)(C)C.